The number of halogens is 1. The van der Waals surface area contributed by atoms with Crippen LogP contribution in [0.1, 0.15) is 24.2 Å². The third-order valence-electron chi connectivity index (χ3n) is 4.99. The molecule has 0 aliphatic carbocycles. The Morgan fingerprint density at radius 3 is 2.22 bits per heavy atom. The lowest BCUT2D eigenvalue weighted by molar-refractivity contribution is -0.120. The fraction of sp³-hybridized carbons (Fsp3) is 0.333. The molecule has 2 aromatic carbocycles. The molecule has 1 atom stereocenters. The molecule has 1 aliphatic rings. The Morgan fingerprint density at radius 1 is 1.00 bits per heavy atom. The van der Waals surface area contributed by atoms with Crippen LogP contribution in [-0.4, -0.2) is 48.8 Å². The number of Topliss-reactive ketones (excluding diaryl/α,β-unsaturated/α-hetero) is 1. The molecule has 27 heavy (non-hydrogen) atoms. The number of hydrogen-bond donors (Lipinski definition) is 1. The van der Waals surface area contributed by atoms with Crippen molar-refractivity contribution in [3.05, 3.63) is 59.9 Å². The van der Waals surface area contributed by atoms with Crippen molar-refractivity contribution in [1.29, 1.82) is 0 Å². The first-order valence-electron chi connectivity index (χ1n) is 9.11. The number of rotatable bonds is 5. The van der Waals surface area contributed by atoms with Gasteiger partial charge in [-0.25, -0.2) is 4.39 Å². The fourth-order valence-electron chi connectivity index (χ4n) is 3.26. The number of anilines is 2. The summed E-state index contributed by atoms with van der Waals surface area (Å²) in [5, 5.41) is 2.89. The first-order valence-corrected chi connectivity index (χ1v) is 9.11. The van der Waals surface area contributed by atoms with E-state index in [1.54, 1.807) is 36.4 Å². The van der Waals surface area contributed by atoms with E-state index in [1.165, 1.54) is 13.0 Å². The van der Waals surface area contributed by atoms with E-state index < -0.39 is 0 Å². The molecule has 1 unspecified atom stereocenters. The summed E-state index contributed by atoms with van der Waals surface area (Å²) in [6.07, 6.45) is 0. The highest BCUT2D eigenvalue weighted by Gasteiger charge is 2.26. The van der Waals surface area contributed by atoms with Crippen molar-refractivity contribution >= 4 is 23.1 Å². The normalized spacial score (nSPS) is 16.0. The summed E-state index contributed by atoms with van der Waals surface area (Å²) >= 11 is 0. The average Bonchev–Trinajstić information content (AvgIpc) is 2.68. The minimum absolute atomic E-state index is 0.00558. The molecule has 1 fully saturated rings. The van der Waals surface area contributed by atoms with Gasteiger partial charge in [-0.05, 0) is 50.2 Å². The van der Waals surface area contributed by atoms with Crippen LogP contribution in [0.15, 0.2) is 48.5 Å². The van der Waals surface area contributed by atoms with Gasteiger partial charge in [0.05, 0.1) is 11.7 Å². The Morgan fingerprint density at radius 2 is 1.63 bits per heavy atom. The van der Waals surface area contributed by atoms with E-state index in [2.05, 4.69) is 10.2 Å². The SMILES string of the molecule is CC(=O)c1ccc(NC(=O)C(C)N2CCN(c3ccccc3F)CC2)cc1. The van der Waals surface area contributed by atoms with Gasteiger partial charge in [0.1, 0.15) is 5.82 Å². The van der Waals surface area contributed by atoms with Gasteiger partial charge in [0.25, 0.3) is 0 Å². The lowest BCUT2D eigenvalue weighted by Gasteiger charge is -2.38. The minimum Gasteiger partial charge on any atom is -0.367 e. The Kier molecular flexibility index (Phi) is 5.86. The van der Waals surface area contributed by atoms with Crippen molar-refractivity contribution in [3.63, 3.8) is 0 Å². The van der Waals surface area contributed by atoms with E-state index in [0.717, 1.165) is 0 Å². The number of amides is 1. The number of carbonyl (C=O) groups is 2. The van der Waals surface area contributed by atoms with E-state index in [1.807, 2.05) is 17.9 Å². The van der Waals surface area contributed by atoms with Crippen LogP contribution in [0.4, 0.5) is 15.8 Å². The predicted octanol–water partition coefficient (Wildman–Crippen LogP) is 3.18. The van der Waals surface area contributed by atoms with Crippen molar-refractivity contribution in [2.75, 3.05) is 36.4 Å². The highest BCUT2D eigenvalue weighted by atomic mass is 19.1. The zero-order valence-electron chi connectivity index (χ0n) is 15.6. The number of hydrogen-bond acceptors (Lipinski definition) is 4. The van der Waals surface area contributed by atoms with E-state index in [0.29, 0.717) is 43.1 Å². The molecule has 1 saturated heterocycles. The van der Waals surface area contributed by atoms with Gasteiger partial charge in [-0.2, -0.15) is 0 Å². The Hall–Kier alpha value is -2.73. The van der Waals surface area contributed by atoms with Crippen LogP contribution in [0.3, 0.4) is 0 Å². The second-order valence-corrected chi connectivity index (χ2v) is 6.77. The molecule has 1 heterocycles. The molecule has 142 valence electrons. The molecule has 0 radical (unpaired) electrons. The molecule has 1 N–H and O–H groups in total. The standard InChI is InChI=1S/C21H24FN3O2/c1-15(21(27)23-18-9-7-17(8-10-18)16(2)26)24-11-13-25(14-12-24)20-6-4-3-5-19(20)22/h3-10,15H,11-14H2,1-2H3,(H,23,27). The summed E-state index contributed by atoms with van der Waals surface area (Å²) < 4.78 is 13.9. The van der Waals surface area contributed by atoms with Gasteiger partial charge >= 0.3 is 0 Å². The topological polar surface area (TPSA) is 52.7 Å². The summed E-state index contributed by atoms with van der Waals surface area (Å²) in [4.78, 5) is 28.0. The van der Waals surface area contributed by atoms with E-state index in [-0.39, 0.29) is 23.5 Å². The minimum atomic E-state index is -0.291. The fourth-order valence-corrected chi connectivity index (χ4v) is 3.26. The van der Waals surface area contributed by atoms with Crippen LogP contribution >= 0.6 is 0 Å². The molecule has 3 rings (SSSR count). The van der Waals surface area contributed by atoms with Gasteiger partial charge in [0.2, 0.25) is 5.91 Å². The second-order valence-electron chi connectivity index (χ2n) is 6.77. The average molecular weight is 369 g/mol. The van der Waals surface area contributed by atoms with Gasteiger partial charge in [-0.3, -0.25) is 14.5 Å². The Balaban J connectivity index is 1.55. The van der Waals surface area contributed by atoms with Crippen molar-refractivity contribution in [1.82, 2.24) is 4.90 Å². The largest absolute Gasteiger partial charge is 0.367 e. The third-order valence-corrected chi connectivity index (χ3v) is 4.99. The van der Waals surface area contributed by atoms with E-state index >= 15 is 0 Å². The van der Waals surface area contributed by atoms with Crippen LogP contribution in [0.25, 0.3) is 0 Å². The maximum Gasteiger partial charge on any atom is 0.241 e. The third kappa shape index (κ3) is 4.52. The van der Waals surface area contributed by atoms with E-state index in [4.69, 9.17) is 0 Å². The highest BCUT2D eigenvalue weighted by molar-refractivity contribution is 5.97. The summed E-state index contributed by atoms with van der Waals surface area (Å²) in [5.74, 6) is -0.315. The first-order chi connectivity index (χ1) is 13.0. The number of piperazine rings is 1. The van der Waals surface area contributed by atoms with Crippen molar-refractivity contribution < 1.29 is 14.0 Å². The lowest BCUT2D eigenvalue weighted by atomic mass is 10.1. The molecular formula is C21H24FN3O2. The summed E-state index contributed by atoms with van der Waals surface area (Å²) in [5.41, 5.74) is 1.90. The highest BCUT2D eigenvalue weighted by Crippen LogP contribution is 2.21. The zero-order chi connectivity index (χ0) is 19.4. The first kappa shape index (κ1) is 19.0. The quantitative estimate of drug-likeness (QED) is 0.823. The van der Waals surface area contributed by atoms with Gasteiger partial charge in [0, 0.05) is 37.4 Å². The van der Waals surface area contributed by atoms with Crippen molar-refractivity contribution in [2.24, 2.45) is 0 Å². The van der Waals surface area contributed by atoms with Crippen LogP contribution in [0.5, 0.6) is 0 Å². The van der Waals surface area contributed by atoms with Gasteiger partial charge < -0.3 is 10.2 Å². The molecule has 1 amide bonds. The van der Waals surface area contributed by atoms with Crippen LogP contribution in [-0.2, 0) is 4.79 Å². The number of ketones is 1. The van der Waals surface area contributed by atoms with Crippen LogP contribution in [0, 0.1) is 5.82 Å². The maximum atomic E-state index is 13.9. The van der Waals surface area contributed by atoms with Gasteiger partial charge in [-0.1, -0.05) is 12.1 Å². The number of nitrogens with one attached hydrogen (secondary N) is 1. The predicted molar refractivity (Wildman–Crippen MR) is 105 cm³/mol. The number of benzene rings is 2. The molecule has 2 aromatic rings. The van der Waals surface area contributed by atoms with Gasteiger partial charge in [0.15, 0.2) is 5.78 Å². The molecule has 0 aromatic heterocycles. The Bertz CT molecular complexity index is 814. The smallest absolute Gasteiger partial charge is 0.241 e. The molecule has 5 nitrogen and oxygen atoms in total. The van der Waals surface area contributed by atoms with Gasteiger partial charge in [-0.15, -0.1) is 0 Å². The Labute approximate surface area is 158 Å². The summed E-state index contributed by atoms with van der Waals surface area (Å²) in [7, 11) is 0. The van der Waals surface area contributed by atoms with Crippen LogP contribution in [0.2, 0.25) is 0 Å². The summed E-state index contributed by atoms with van der Waals surface area (Å²) in [6.45, 7) is 6.10. The molecular weight excluding hydrogens is 345 g/mol. The number of nitrogens with zero attached hydrogens (tertiary/aromatic N) is 2. The second kappa shape index (κ2) is 8.31. The molecule has 0 saturated carbocycles. The monoisotopic (exact) mass is 369 g/mol. The molecule has 0 bridgehead atoms. The van der Waals surface area contributed by atoms with Crippen molar-refractivity contribution in [3.8, 4) is 0 Å². The zero-order valence-corrected chi connectivity index (χ0v) is 15.6. The maximum absolute atomic E-state index is 13.9. The van der Waals surface area contributed by atoms with E-state index in [9.17, 15) is 14.0 Å². The molecule has 6 heteroatoms. The number of carbonyl (C=O) groups excluding carboxylic acids is 2. The van der Waals surface area contributed by atoms with Crippen LogP contribution < -0.4 is 10.2 Å². The molecule has 0 spiro atoms. The number of para-hydroxylation sites is 1. The molecule has 1 aliphatic heterocycles. The van der Waals surface area contributed by atoms with Crippen molar-refractivity contribution in [2.45, 2.75) is 19.9 Å². The summed E-state index contributed by atoms with van der Waals surface area (Å²) in [6, 6.07) is 13.4. The lowest BCUT2D eigenvalue weighted by Crippen LogP contribution is -2.53.